The predicted molar refractivity (Wildman–Crippen MR) is 122 cm³/mol. The summed E-state index contributed by atoms with van der Waals surface area (Å²) in [4.78, 5) is 24.9. The number of carbonyl (C=O) groups is 2. The van der Waals surface area contributed by atoms with Crippen molar-refractivity contribution in [2.45, 2.75) is 50.6 Å². The lowest BCUT2D eigenvalue weighted by Gasteiger charge is -2.24. The van der Waals surface area contributed by atoms with Gasteiger partial charge < -0.3 is 16.0 Å². The Bertz CT molecular complexity index is 827. The van der Waals surface area contributed by atoms with Gasteiger partial charge in [0.05, 0.1) is 6.04 Å². The zero-order valence-corrected chi connectivity index (χ0v) is 17.9. The van der Waals surface area contributed by atoms with Gasteiger partial charge in [-0.1, -0.05) is 43.2 Å². The van der Waals surface area contributed by atoms with Gasteiger partial charge in [-0.2, -0.15) is 0 Å². The third kappa shape index (κ3) is 5.61. The second kappa shape index (κ2) is 10.6. The Kier molecular flexibility index (Phi) is 7.88. The van der Waals surface area contributed by atoms with Crippen LogP contribution in [0, 0.1) is 5.92 Å². The van der Waals surface area contributed by atoms with Gasteiger partial charge in [-0.15, -0.1) is 12.4 Å². The molecule has 2 fully saturated rings. The average molecular weight is 428 g/mol. The number of fused-ring (bicyclic) bond motifs is 1. The Balaban J connectivity index is 0.00000256. The molecular formula is C24H30ClN3O2. The zero-order valence-electron chi connectivity index (χ0n) is 17.1. The molecule has 1 heterocycles. The normalized spacial score (nSPS) is 22.5. The number of carbonyl (C=O) groups excluding carboxylic acids is 2. The van der Waals surface area contributed by atoms with E-state index >= 15 is 0 Å². The molecule has 0 radical (unpaired) electrons. The van der Waals surface area contributed by atoms with E-state index in [2.05, 4.69) is 28.1 Å². The molecule has 3 N–H and O–H groups in total. The molecule has 6 heteroatoms. The maximum Gasteiger partial charge on any atom is 0.251 e. The lowest BCUT2D eigenvalue weighted by Crippen LogP contribution is -2.39. The van der Waals surface area contributed by atoms with E-state index in [1.165, 1.54) is 31.2 Å². The SMILES string of the molecule is Cl.O=C(NCCc1ccccc1)c1ccc(NC(=O)C2CC3CCCCC3N2)cc1. The molecule has 0 spiro atoms. The van der Waals surface area contributed by atoms with E-state index in [1.807, 2.05) is 18.2 Å². The fourth-order valence-electron chi connectivity index (χ4n) is 4.52. The highest BCUT2D eigenvalue weighted by molar-refractivity contribution is 5.97. The van der Waals surface area contributed by atoms with Gasteiger partial charge in [0.1, 0.15) is 0 Å². The minimum absolute atomic E-state index is 0. The Morgan fingerprint density at radius 1 is 0.967 bits per heavy atom. The van der Waals surface area contributed by atoms with Gasteiger partial charge >= 0.3 is 0 Å². The molecule has 5 nitrogen and oxygen atoms in total. The van der Waals surface area contributed by atoms with Crippen LogP contribution in [0.3, 0.4) is 0 Å². The van der Waals surface area contributed by atoms with E-state index in [4.69, 9.17) is 0 Å². The summed E-state index contributed by atoms with van der Waals surface area (Å²) in [6.07, 6.45) is 6.69. The van der Waals surface area contributed by atoms with Gasteiger partial charge in [0.2, 0.25) is 5.91 Å². The van der Waals surface area contributed by atoms with Crippen molar-refractivity contribution in [2.75, 3.05) is 11.9 Å². The molecule has 2 aliphatic rings. The fourth-order valence-corrected chi connectivity index (χ4v) is 4.52. The molecule has 0 aromatic heterocycles. The maximum absolute atomic E-state index is 12.6. The van der Waals surface area contributed by atoms with Gasteiger partial charge in [0.25, 0.3) is 5.91 Å². The molecule has 0 bridgehead atoms. The van der Waals surface area contributed by atoms with E-state index in [9.17, 15) is 9.59 Å². The fraction of sp³-hybridized carbons (Fsp3) is 0.417. The molecule has 1 aliphatic carbocycles. The Hall–Kier alpha value is -2.37. The summed E-state index contributed by atoms with van der Waals surface area (Å²) in [5, 5.41) is 9.44. The number of rotatable bonds is 6. The van der Waals surface area contributed by atoms with Gasteiger partial charge in [-0.05, 0) is 61.4 Å². The van der Waals surface area contributed by atoms with Crippen LogP contribution in [-0.4, -0.2) is 30.4 Å². The standard InChI is InChI=1S/C24H29N3O2.ClH/c28-23(25-15-14-17-6-2-1-3-7-17)18-10-12-20(13-11-18)26-24(29)22-16-19-8-4-5-9-21(19)27-22;/h1-3,6-7,10-13,19,21-22,27H,4-5,8-9,14-16H2,(H,25,28)(H,26,29);1H. The molecule has 160 valence electrons. The number of hydrogen-bond donors (Lipinski definition) is 3. The largest absolute Gasteiger partial charge is 0.352 e. The van der Waals surface area contributed by atoms with Crippen LogP contribution in [0.15, 0.2) is 54.6 Å². The summed E-state index contributed by atoms with van der Waals surface area (Å²) in [7, 11) is 0. The first kappa shape index (κ1) is 22.3. The molecule has 4 rings (SSSR count). The average Bonchev–Trinajstić information content (AvgIpc) is 3.19. The van der Waals surface area contributed by atoms with Crippen molar-refractivity contribution < 1.29 is 9.59 Å². The van der Waals surface area contributed by atoms with Crippen LogP contribution in [0.5, 0.6) is 0 Å². The van der Waals surface area contributed by atoms with E-state index < -0.39 is 0 Å². The third-order valence-electron chi connectivity index (χ3n) is 6.14. The van der Waals surface area contributed by atoms with Crippen LogP contribution in [0.2, 0.25) is 0 Å². The molecule has 2 amide bonds. The van der Waals surface area contributed by atoms with Crippen molar-refractivity contribution in [2.24, 2.45) is 5.92 Å². The first-order valence-electron chi connectivity index (χ1n) is 10.7. The Morgan fingerprint density at radius 2 is 1.70 bits per heavy atom. The summed E-state index contributed by atoms with van der Waals surface area (Å²) in [5.41, 5.74) is 2.53. The molecular weight excluding hydrogens is 398 g/mol. The first-order valence-corrected chi connectivity index (χ1v) is 10.7. The smallest absolute Gasteiger partial charge is 0.251 e. The number of anilines is 1. The molecule has 3 atom stereocenters. The van der Waals surface area contributed by atoms with Crippen molar-refractivity contribution >= 4 is 29.9 Å². The van der Waals surface area contributed by atoms with Crippen LogP contribution >= 0.6 is 12.4 Å². The molecule has 3 unspecified atom stereocenters. The zero-order chi connectivity index (χ0) is 20.1. The minimum Gasteiger partial charge on any atom is -0.352 e. The summed E-state index contributed by atoms with van der Waals surface area (Å²) in [6.45, 7) is 0.594. The van der Waals surface area contributed by atoms with Crippen LogP contribution in [-0.2, 0) is 11.2 Å². The maximum atomic E-state index is 12.6. The lowest BCUT2D eigenvalue weighted by atomic mass is 9.85. The highest BCUT2D eigenvalue weighted by atomic mass is 35.5. The van der Waals surface area contributed by atoms with Crippen LogP contribution in [0.1, 0.15) is 48.0 Å². The molecule has 1 saturated carbocycles. The summed E-state index contributed by atoms with van der Waals surface area (Å²) in [5.74, 6) is 0.571. The van der Waals surface area contributed by atoms with Gasteiger partial charge in [0.15, 0.2) is 0 Å². The summed E-state index contributed by atoms with van der Waals surface area (Å²) in [6, 6.07) is 17.6. The van der Waals surface area contributed by atoms with Crippen molar-refractivity contribution in [1.29, 1.82) is 0 Å². The number of hydrogen-bond acceptors (Lipinski definition) is 3. The highest BCUT2D eigenvalue weighted by Crippen LogP contribution is 2.33. The highest BCUT2D eigenvalue weighted by Gasteiger charge is 2.38. The van der Waals surface area contributed by atoms with Crippen LogP contribution in [0.4, 0.5) is 5.69 Å². The van der Waals surface area contributed by atoms with Crippen molar-refractivity contribution in [3.63, 3.8) is 0 Å². The minimum atomic E-state index is -0.107. The third-order valence-corrected chi connectivity index (χ3v) is 6.14. The van der Waals surface area contributed by atoms with Gasteiger partial charge in [0, 0.05) is 23.8 Å². The molecule has 30 heavy (non-hydrogen) atoms. The number of amides is 2. The van der Waals surface area contributed by atoms with Gasteiger partial charge in [-0.25, -0.2) is 0 Å². The molecule has 1 aliphatic heterocycles. The van der Waals surface area contributed by atoms with Crippen molar-refractivity contribution in [3.8, 4) is 0 Å². The first-order chi connectivity index (χ1) is 14.2. The van der Waals surface area contributed by atoms with Gasteiger partial charge in [-0.3, -0.25) is 9.59 Å². The topological polar surface area (TPSA) is 70.2 Å². The van der Waals surface area contributed by atoms with E-state index in [1.54, 1.807) is 24.3 Å². The Morgan fingerprint density at radius 3 is 2.43 bits per heavy atom. The summed E-state index contributed by atoms with van der Waals surface area (Å²) < 4.78 is 0. The summed E-state index contributed by atoms with van der Waals surface area (Å²) >= 11 is 0. The van der Waals surface area contributed by atoms with Crippen molar-refractivity contribution in [3.05, 3.63) is 65.7 Å². The molecule has 2 aromatic carbocycles. The van der Waals surface area contributed by atoms with Crippen LogP contribution in [0.25, 0.3) is 0 Å². The quantitative estimate of drug-likeness (QED) is 0.653. The van der Waals surface area contributed by atoms with E-state index in [0.29, 0.717) is 24.1 Å². The molecule has 1 saturated heterocycles. The van der Waals surface area contributed by atoms with E-state index in [0.717, 1.165) is 18.5 Å². The predicted octanol–water partition coefficient (Wildman–Crippen LogP) is 3.94. The lowest BCUT2D eigenvalue weighted by molar-refractivity contribution is -0.117. The van der Waals surface area contributed by atoms with Crippen molar-refractivity contribution in [1.82, 2.24) is 10.6 Å². The second-order valence-corrected chi connectivity index (χ2v) is 8.16. The van der Waals surface area contributed by atoms with Crippen LogP contribution < -0.4 is 16.0 Å². The molecule has 2 aromatic rings. The number of halogens is 1. The monoisotopic (exact) mass is 427 g/mol. The Labute approximate surface area is 184 Å². The second-order valence-electron chi connectivity index (χ2n) is 8.16. The van der Waals surface area contributed by atoms with E-state index in [-0.39, 0.29) is 30.3 Å². The number of nitrogens with one attached hydrogen (secondary N) is 3. The number of benzene rings is 2.